The van der Waals surface area contributed by atoms with Gasteiger partial charge in [-0.15, -0.1) is 11.3 Å². The van der Waals surface area contributed by atoms with E-state index in [1.807, 2.05) is 66.7 Å². The Balaban J connectivity index is 1.27. The fraction of sp³-hybridized carbons (Fsp3) is 0.200. The highest BCUT2D eigenvalue weighted by atomic mass is 32.2. The van der Waals surface area contributed by atoms with Gasteiger partial charge in [0.2, 0.25) is 5.91 Å². The minimum absolute atomic E-state index is 0.0237. The van der Waals surface area contributed by atoms with Crippen LogP contribution in [0.2, 0.25) is 0 Å². The first kappa shape index (κ1) is 21.4. The van der Waals surface area contributed by atoms with Gasteiger partial charge in [0.05, 0.1) is 16.8 Å². The third kappa shape index (κ3) is 6.32. The molecule has 0 unspecified atom stereocenters. The first-order valence-corrected chi connectivity index (χ1v) is 12.0. The average Bonchev–Trinajstić information content (AvgIpc) is 3.18. The Morgan fingerprint density at radius 2 is 1.94 bits per heavy atom. The van der Waals surface area contributed by atoms with E-state index in [0.29, 0.717) is 13.0 Å². The van der Waals surface area contributed by atoms with Gasteiger partial charge in [0.15, 0.2) is 4.34 Å². The van der Waals surface area contributed by atoms with Crippen LogP contribution in [0.3, 0.4) is 0 Å². The number of aromatic nitrogens is 1. The molecule has 1 heterocycles. The summed E-state index contributed by atoms with van der Waals surface area (Å²) in [5.74, 6) is 1.75. The fourth-order valence-corrected chi connectivity index (χ4v) is 5.16. The van der Waals surface area contributed by atoms with Crippen molar-refractivity contribution in [3.8, 4) is 5.75 Å². The summed E-state index contributed by atoms with van der Waals surface area (Å²) in [6, 6.07) is 24.0. The molecule has 0 aliphatic rings. The van der Waals surface area contributed by atoms with Crippen LogP contribution in [-0.2, 0) is 11.2 Å². The number of amides is 1. The van der Waals surface area contributed by atoms with Gasteiger partial charge >= 0.3 is 0 Å². The van der Waals surface area contributed by atoms with Crippen molar-refractivity contribution < 1.29 is 9.53 Å². The number of carbonyl (C=O) groups excluding carboxylic acids is 1. The van der Waals surface area contributed by atoms with E-state index in [2.05, 4.69) is 23.3 Å². The Hall–Kier alpha value is -2.83. The van der Waals surface area contributed by atoms with Gasteiger partial charge in [0.25, 0.3) is 0 Å². The van der Waals surface area contributed by atoms with Gasteiger partial charge < -0.3 is 10.1 Å². The quantitative estimate of drug-likeness (QED) is 0.239. The standard InChI is InChI=1S/C25H24N2O2S2/c1-18-6-5-9-21(16-18)29-14-15-30-25-27-22-12-11-20(17-23(22)31-25)26-24(28)13-10-19-7-3-2-4-8-19/h2-9,11-12,16-17H,10,13-15H2,1H3,(H,26,28). The third-order valence-corrected chi connectivity index (χ3v) is 6.83. The molecule has 4 aromatic rings. The van der Waals surface area contributed by atoms with Crippen molar-refractivity contribution in [2.75, 3.05) is 17.7 Å². The summed E-state index contributed by atoms with van der Waals surface area (Å²) >= 11 is 3.33. The normalized spacial score (nSPS) is 10.9. The molecule has 31 heavy (non-hydrogen) atoms. The van der Waals surface area contributed by atoms with Crippen molar-refractivity contribution in [3.05, 3.63) is 83.9 Å². The van der Waals surface area contributed by atoms with Gasteiger partial charge in [-0.1, -0.05) is 54.2 Å². The highest BCUT2D eigenvalue weighted by Crippen LogP contribution is 2.31. The van der Waals surface area contributed by atoms with E-state index in [1.54, 1.807) is 23.1 Å². The minimum Gasteiger partial charge on any atom is -0.493 e. The summed E-state index contributed by atoms with van der Waals surface area (Å²) in [7, 11) is 0. The summed E-state index contributed by atoms with van der Waals surface area (Å²) in [6.07, 6.45) is 1.20. The summed E-state index contributed by atoms with van der Waals surface area (Å²) in [5.41, 5.74) is 4.13. The highest BCUT2D eigenvalue weighted by molar-refractivity contribution is 8.01. The number of nitrogens with zero attached hydrogens (tertiary/aromatic N) is 1. The van der Waals surface area contributed by atoms with Crippen LogP contribution in [0, 0.1) is 6.92 Å². The maximum absolute atomic E-state index is 12.3. The number of anilines is 1. The largest absolute Gasteiger partial charge is 0.493 e. The van der Waals surface area contributed by atoms with Crippen LogP contribution in [0.1, 0.15) is 17.5 Å². The van der Waals surface area contributed by atoms with E-state index in [0.717, 1.165) is 38.2 Å². The van der Waals surface area contributed by atoms with Gasteiger partial charge in [-0.3, -0.25) is 4.79 Å². The third-order valence-electron chi connectivity index (χ3n) is 4.70. The van der Waals surface area contributed by atoms with Crippen molar-refractivity contribution in [1.82, 2.24) is 4.98 Å². The van der Waals surface area contributed by atoms with Crippen LogP contribution in [0.15, 0.2) is 77.1 Å². The molecule has 1 aromatic heterocycles. The second kappa shape index (κ2) is 10.5. The molecule has 0 saturated carbocycles. The SMILES string of the molecule is Cc1cccc(OCCSc2nc3ccc(NC(=O)CCc4ccccc4)cc3s2)c1. The summed E-state index contributed by atoms with van der Waals surface area (Å²) in [6.45, 7) is 2.69. The number of hydrogen-bond acceptors (Lipinski definition) is 5. The Labute approximate surface area is 190 Å². The number of thiazole rings is 1. The molecule has 0 radical (unpaired) electrons. The molecule has 3 aromatic carbocycles. The van der Waals surface area contributed by atoms with Crippen LogP contribution in [0.25, 0.3) is 10.2 Å². The Bertz CT molecular complexity index is 1160. The zero-order chi connectivity index (χ0) is 21.5. The van der Waals surface area contributed by atoms with Crippen LogP contribution < -0.4 is 10.1 Å². The number of benzene rings is 3. The summed E-state index contributed by atoms with van der Waals surface area (Å²) in [5, 5.41) is 3.00. The smallest absolute Gasteiger partial charge is 0.224 e. The van der Waals surface area contributed by atoms with Crippen molar-refractivity contribution in [3.63, 3.8) is 0 Å². The Morgan fingerprint density at radius 1 is 1.06 bits per heavy atom. The molecule has 0 fully saturated rings. The minimum atomic E-state index is 0.0237. The number of hydrogen-bond donors (Lipinski definition) is 1. The molecule has 0 bridgehead atoms. The molecule has 158 valence electrons. The lowest BCUT2D eigenvalue weighted by Crippen LogP contribution is -2.12. The van der Waals surface area contributed by atoms with Gasteiger partial charge in [-0.05, 0) is 54.8 Å². The van der Waals surface area contributed by atoms with E-state index in [9.17, 15) is 4.79 Å². The molecule has 0 atom stereocenters. The van der Waals surface area contributed by atoms with Crippen molar-refractivity contribution in [2.45, 2.75) is 24.1 Å². The second-order valence-corrected chi connectivity index (χ2v) is 9.58. The number of aryl methyl sites for hydroxylation is 2. The molecule has 1 N–H and O–H groups in total. The highest BCUT2D eigenvalue weighted by Gasteiger charge is 2.08. The number of carbonyl (C=O) groups is 1. The maximum atomic E-state index is 12.3. The average molecular weight is 449 g/mol. The zero-order valence-electron chi connectivity index (χ0n) is 17.3. The lowest BCUT2D eigenvalue weighted by Gasteiger charge is -2.05. The predicted molar refractivity (Wildman–Crippen MR) is 130 cm³/mol. The molecule has 1 amide bonds. The van der Waals surface area contributed by atoms with Crippen LogP contribution in [0.5, 0.6) is 5.75 Å². The van der Waals surface area contributed by atoms with Gasteiger partial charge in [0, 0.05) is 17.9 Å². The van der Waals surface area contributed by atoms with E-state index >= 15 is 0 Å². The van der Waals surface area contributed by atoms with Gasteiger partial charge in [0.1, 0.15) is 5.75 Å². The van der Waals surface area contributed by atoms with Crippen molar-refractivity contribution in [1.29, 1.82) is 0 Å². The predicted octanol–water partition coefficient (Wildman–Crippen LogP) is 6.35. The van der Waals surface area contributed by atoms with Crippen molar-refractivity contribution in [2.24, 2.45) is 0 Å². The van der Waals surface area contributed by atoms with E-state index < -0.39 is 0 Å². The molecule has 0 aliphatic carbocycles. The summed E-state index contributed by atoms with van der Waals surface area (Å²) in [4.78, 5) is 17.0. The molecule has 4 nitrogen and oxygen atoms in total. The van der Waals surface area contributed by atoms with Crippen LogP contribution >= 0.6 is 23.1 Å². The van der Waals surface area contributed by atoms with Gasteiger partial charge in [-0.25, -0.2) is 4.98 Å². The topological polar surface area (TPSA) is 51.2 Å². The lowest BCUT2D eigenvalue weighted by atomic mass is 10.1. The molecular formula is C25H24N2O2S2. The number of fused-ring (bicyclic) bond motifs is 1. The maximum Gasteiger partial charge on any atom is 0.224 e. The van der Waals surface area contributed by atoms with Crippen LogP contribution in [0.4, 0.5) is 5.69 Å². The lowest BCUT2D eigenvalue weighted by molar-refractivity contribution is -0.116. The first-order chi connectivity index (χ1) is 15.2. The zero-order valence-corrected chi connectivity index (χ0v) is 19.0. The van der Waals surface area contributed by atoms with E-state index in [-0.39, 0.29) is 5.91 Å². The number of rotatable bonds is 9. The first-order valence-electron chi connectivity index (χ1n) is 10.2. The molecule has 4 rings (SSSR count). The summed E-state index contributed by atoms with van der Waals surface area (Å²) < 4.78 is 7.89. The number of ether oxygens (including phenoxy) is 1. The molecule has 0 saturated heterocycles. The van der Waals surface area contributed by atoms with Gasteiger partial charge in [-0.2, -0.15) is 0 Å². The van der Waals surface area contributed by atoms with E-state index in [4.69, 9.17) is 4.74 Å². The fourth-order valence-electron chi connectivity index (χ4n) is 3.16. The molecule has 0 spiro atoms. The Morgan fingerprint density at radius 3 is 2.77 bits per heavy atom. The van der Waals surface area contributed by atoms with E-state index in [1.165, 1.54) is 11.1 Å². The number of nitrogens with one attached hydrogen (secondary N) is 1. The number of thioether (sulfide) groups is 1. The molecule has 0 aliphatic heterocycles. The van der Waals surface area contributed by atoms with Crippen molar-refractivity contribution >= 4 is 44.9 Å². The van der Waals surface area contributed by atoms with Crippen LogP contribution in [-0.4, -0.2) is 23.3 Å². The molecule has 6 heteroatoms. The second-order valence-electron chi connectivity index (χ2n) is 7.21. The molecular weight excluding hydrogens is 424 g/mol. The Kier molecular flexibility index (Phi) is 7.22. The monoisotopic (exact) mass is 448 g/mol.